The van der Waals surface area contributed by atoms with Gasteiger partial charge in [0.15, 0.2) is 0 Å². The first-order chi connectivity index (χ1) is 13.6. The normalized spacial score (nSPS) is 10.4. The second kappa shape index (κ2) is 14.5. The van der Waals surface area contributed by atoms with Crippen LogP contribution in [0.1, 0.15) is 58.3 Å². The fourth-order valence-electron chi connectivity index (χ4n) is 2.63. The highest BCUT2D eigenvalue weighted by atomic mass is 16.2. The third kappa shape index (κ3) is 10.5. The Hall–Kier alpha value is -2.58. The van der Waals surface area contributed by atoms with Crippen LogP contribution in [0.3, 0.4) is 0 Å². The second-order valence-corrected chi connectivity index (χ2v) is 6.65. The number of aromatic nitrogens is 2. The van der Waals surface area contributed by atoms with Crippen LogP contribution in [0.2, 0.25) is 0 Å². The lowest BCUT2D eigenvalue weighted by Gasteiger charge is -2.09. The quantitative estimate of drug-likeness (QED) is 0.384. The summed E-state index contributed by atoms with van der Waals surface area (Å²) in [7, 11) is 1.59. The predicted octanol–water partition coefficient (Wildman–Crippen LogP) is 2.43. The van der Waals surface area contributed by atoms with E-state index < -0.39 is 0 Å². The lowest BCUT2D eigenvalue weighted by Crippen LogP contribution is -2.33. The van der Waals surface area contributed by atoms with Crippen LogP contribution in [0.15, 0.2) is 17.1 Å². The smallest absolute Gasteiger partial charge is 0.341 e. The number of hydrogen-bond acceptors (Lipinski definition) is 4. The fraction of sp³-hybridized carbons (Fsp3) is 0.684. The monoisotopic (exact) mass is 394 g/mol. The van der Waals surface area contributed by atoms with Crippen molar-refractivity contribution in [1.82, 2.24) is 25.5 Å². The predicted molar refractivity (Wildman–Crippen MR) is 111 cm³/mol. The van der Waals surface area contributed by atoms with Gasteiger partial charge >= 0.3 is 17.8 Å². The van der Waals surface area contributed by atoms with Crippen molar-refractivity contribution in [2.24, 2.45) is 0 Å². The number of amides is 4. The Bertz CT molecular complexity index is 647. The summed E-state index contributed by atoms with van der Waals surface area (Å²) in [5, 5.41) is 10.6. The van der Waals surface area contributed by atoms with Crippen LogP contribution < -0.4 is 27.0 Å². The van der Waals surface area contributed by atoms with Crippen LogP contribution in [0.5, 0.6) is 0 Å². The minimum atomic E-state index is -0.373. The SMILES string of the molecule is CCCCCCNC(=O)Nc1ccn(CCCCCCNC(=O)NC)c(=O)n1. The molecule has 0 aliphatic heterocycles. The van der Waals surface area contributed by atoms with E-state index in [0.29, 0.717) is 19.6 Å². The molecule has 158 valence electrons. The van der Waals surface area contributed by atoms with Gasteiger partial charge in [0.1, 0.15) is 5.82 Å². The number of nitrogens with zero attached hydrogens (tertiary/aromatic N) is 2. The number of hydrogen-bond donors (Lipinski definition) is 4. The maximum absolute atomic E-state index is 12.1. The number of aryl methyl sites for hydroxylation is 1. The Balaban J connectivity index is 2.23. The Kier molecular flexibility index (Phi) is 12.1. The van der Waals surface area contributed by atoms with E-state index in [1.54, 1.807) is 19.3 Å². The molecule has 0 atom stereocenters. The van der Waals surface area contributed by atoms with Gasteiger partial charge in [-0.3, -0.25) is 9.88 Å². The first-order valence-electron chi connectivity index (χ1n) is 10.1. The lowest BCUT2D eigenvalue weighted by molar-refractivity contribution is 0.242. The Morgan fingerprint density at radius 2 is 1.61 bits per heavy atom. The molecular formula is C19H34N6O3. The van der Waals surface area contributed by atoms with Gasteiger partial charge < -0.3 is 16.0 Å². The zero-order valence-electron chi connectivity index (χ0n) is 17.1. The molecule has 9 nitrogen and oxygen atoms in total. The Morgan fingerprint density at radius 3 is 2.25 bits per heavy atom. The standard InChI is InChI=1S/C19H34N6O3/c1-3-4-5-8-13-22-18(27)23-16-11-15-25(19(28)24-16)14-10-7-6-9-12-21-17(26)20-2/h11,15H,3-10,12-14H2,1-2H3,(H2,20,21,26)(H2,22,23,24,27,28). The summed E-state index contributed by atoms with van der Waals surface area (Å²) in [5.74, 6) is 0.257. The number of unbranched alkanes of at least 4 members (excludes halogenated alkanes) is 6. The van der Waals surface area contributed by atoms with E-state index in [1.807, 2.05) is 0 Å². The second-order valence-electron chi connectivity index (χ2n) is 6.65. The highest BCUT2D eigenvalue weighted by Gasteiger charge is 2.05. The van der Waals surface area contributed by atoms with Crippen molar-refractivity contribution in [1.29, 1.82) is 0 Å². The van der Waals surface area contributed by atoms with E-state index >= 15 is 0 Å². The molecule has 0 fully saturated rings. The number of anilines is 1. The van der Waals surface area contributed by atoms with Crippen LogP contribution >= 0.6 is 0 Å². The topological polar surface area (TPSA) is 117 Å². The zero-order chi connectivity index (χ0) is 20.6. The van der Waals surface area contributed by atoms with E-state index in [0.717, 1.165) is 51.4 Å². The summed E-state index contributed by atoms with van der Waals surface area (Å²) >= 11 is 0. The summed E-state index contributed by atoms with van der Waals surface area (Å²) < 4.78 is 1.54. The van der Waals surface area contributed by atoms with Gasteiger partial charge in [-0.15, -0.1) is 0 Å². The molecule has 9 heteroatoms. The van der Waals surface area contributed by atoms with Crippen molar-refractivity contribution < 1.29 is 9.59 Å². The molecule has 0 aliphatic rings. The highest BCUT2D eigenvalue weighted by molar-refractivity contribution is 5.87. The average molecular weight is 395 g/mol. The summed E-state index contributed by atoms with van der Waals surface area (Å²) in [6.07, 6.45) is 9.69. The molecule has 1 rings (SSSR count). The Morgan fingerprint density at radius 1 is 0.964 bits per heavy atom. The molecule has 4 amide bonds. The molecule has 0 aliphatic carbocycles. The van der Waals surface area contributed by atoms with Crippen molar-refractivity contribution in [2.45, 2.75) is 64.8 Å². The molecular weight excluding hydrogens is 360 g/mol. The van der Waals surface area contributed by atoms with Crippen molar-refractivity contribution in [3.05, 3.63) is 22.7 Å². The van der Waals surface area contributed by atoms with E-state index in [4.69, 9.17) is 0 Å². The van der Waals surface area contributed by atoms with E-state index in [-0.39, 0.29) is 23.6 Å². The van der Waals surface area contributed by atoms with Gasteiger partial charge in [-0.05, 0) is 25.3 Å². The Labute approximate surface area is 166 Å². The third-order valence-electron chi connectivity index (χ3n) is 4.27. The molecule has 1 aromatic rings. The first-order valence-corrected chi connectivity index (χ1v) is 10.1. The van der Waals surface area contributed by atoms with Gasteiger partial charge in [0, 0.05) is 32.9 Å². The molecule has 0 saturated carbocycles. The maximum Gasteiger partial charge on any atom is 0.349 e. The molecule has 28 heavy (non-hydrogen) atoms. The van der Waals surface area contributed by atoms with Gasteiger partial charge in [-0.2, -0.15) is 4.98 Å². The number of carbonyl (C=O) groups is 2. The van der Waals surface area contributed by atoms with Crippen molar-refractivity contribution in [3.63, 3.8) is 0 Å². The van der Waals surface area contributed by atoms with Gasteiger partial charge in [-0.25, -0.2) is 14.4 Å². The van der Waals surface area contributed by atoms with E-state index in [1.165, 1.54) is 4.57 Å². The van der Waals surface area contributed by atoms with Gasteiger partial charge in [0.2, 0.25) is 0 Å². The van der Waals surface area contributed by atoms with Gasteiger partial charge in [0.05, 0.1) is 0 Å². The lowest BCUT2D eigenvalue weighted by atomic mass is 10.2. The molecule has 0 aromatic carbocycles. The molecule has 1 aromatic heterocycles. The van der Waals surface area contributed by atoms with Crippen LogP contribution in [0.4, 0.5) is 15.4 Å². The summed E-state index contributed by atoms with van der Waals surface area (Å²) in [5.41, 5.74) is -0.373. The van der Waals surface area contributed by atoms with Crippen molar-refractivity contribution >= 4 is 17.9 Å². The minimum Gasteiger partial charge on any atom is -0.341 e. The molecule has 0 spiro atoms. The average Bonchev–Trinajstić information content (AvgIpc) is 2.68. The zero-order valence-corrected chi connectivity index (χ0v) is 17.1. The van der Waals surface area contributed by atoms with Crippen LogP contribution in [0.25, 0.3) is 0 Å². The first kappa shape index (κ1) is 23.5. The summed E-state index contributed by atoms with van der Waals surface area (Å²) in [4.78, 5) is 38.8. The number of nitrogens with one attached hydrogen (secondary N) is 4. The van der Waals surface area contributed by atoms with E-state index in [2.05, 4.69) is 33.2 Å². The summed E-state index contributed by atoms with van der Waals surface area (Å²) in [6.45, 7) is 3.98. The molecule has 0 bridgehead atoms. The van der Waals surface area contributed by atoms with Crippen LogP contribution in [-0.4, -0.2) is 41.8 Å². The van der Waals surface area contributed by atoms with Crippen LogP contribution in [-0.2, 0) is 6.54 Å². The highest BCUT2D eigenvalue weighted by Crippen LogP contribution is 2.03. The molecule has 0 saturated heterocycles. The minimum absolute atomic E-state index is 0.170. The van der Waals surface area contributed by atoms with Crippen molar-refractivity contribution in [2.75, 3.05) is 25.5 Å². The molecule has 1 heterocycles. The summed E-state index contributed by atoms with van der Waals surface area (Å²) in [6, 6.07) is 1.12. The number of rotatable bonds is 13. The molecule has 0 radical (unpaired) electrons. The third-order valence-corrected chi connectivity index (χ3v) is 4.27. The largest absolute Gasteiger partial charge is 0.349 e. The van der Waals surface area contributed by atoms with Gasteiger partial charge in [-0.1, -0.05) is 39.0 Å². The molecule has 4 N–H and O–H groups in total. The maximum atomic E-state index is 12.1. The number of carbonyl (C=O) groups excluding carboxylic acids is 2. The molecule has 0 unspecified atom stereocenters. The van der Waals surface area contributed by atoms with Crippen molar-refractivity contribution in [3.8, 4) is 0 Å². The van der Waals surface area contributed by atoms with Crippen LogP contribution in [0, 0.1) is 0 Å². The van der Waals surface area contributed by atoms with E-state index in [9.17, 15) is 14.4 Å². The fourth-order valence-corrected chi connectivity index (χ4v) is 2.63. The number of urea groups is 2. The van der Waals surface area contributed by atoms with Gasteiger partial charge in [0.25, 0.3) is 0 Å².